The fourth-order valence-corrected chi connectivity index (χ4v) is 8.83. The van der Waals surface area contributed by atoms with Crippen LogP contribution in [0.15, 0.2) is 0 Å². The van der Waals surface area contributed by atoms with E-state index in [9.17, 15) is 0 Å². The molecule has 0 aromatic rings. The molecule has 78 valence electrons. The van der Waals surface area contributed by atoms with E-state index in [1.807, 2.05) is 0 Å². The Labute approximate surface area is 80.2 Å². The summed E-state index contributed by atoms with van der Waals surface area (Å²) < 4.78 is 0. The zero-order valence-corrected chi connectivity index (χ0v) is 11.8. The molecule has 0 aliphatic rings. The van der Waals surface area contributed by atoms with Crippen molar-refractivity contribution in [3.8, 4) is 0 Å². The van der Waals surface area contributed by atoms with Gasteiger partial charge in [0.2, 0.25) is 0 Å². The van der Waals surface area contributed by atoms with Gasteiger partial charge in [-0.25, -0.2) is 0 Å². The van der Waals surface area contributed by atoms with E-state index in [4.69, 9.17) is 0 Å². The van der Waals surface area contributed by atoms with Crippen molar-refractivity contribution in [1.82, 2.24) is 0 Å². The van der Waals surface area contributed by atoms with E-state index < -0.39 is 14.5 Å². The van der Waals surface area contributed by atoms with Crippen LogP contribution in [0.3, 0.4) is 0 Å². The van der Waals surface area contributed by atoms with Crippen LogP contribution in [0.1, 0.15) is 13.3 Å². The van der Waals surface area contributed by atoms with Crippen molar-refractivity contribution in [2.75, 3.05) is 51.8 Å². The average molecular weight is 210 g/mol. The predicted molar refractivity (Wildman–Crippen MR) is 71.1 cm³/mol. The molecule has 0 spiro atoms. The summed E-state index contributed by atoms with van der Waals surface area (Å²) in [6.07, 6.45) is 6.03. The van der Waals surface area contributed by atoms with Gasteiger partial charge >= 0.3 is 79.7 Å². The molecule has 0 aliphatic carbocycles. The summed E-state index contributed by atoms with van der Waals surface area (Å²) >= 11 is 0. The van der Waals surface area contributed by atoms with Crippen LogP contribution in [-0.4, -0.2) is 51.8 Å². The van der Waals surface area contributed by atoms with E-state index in [-0.39, 0.29) is 0 Å². The van der Waals surface area contributed by atoms with E-state index in [2.05, 4.69) is 40.2 Å². The average Bonchev–Trinajstić information content (AvgIpc) is 1.83. The first-order chi connectivity index (χ1) is 5.27. The Morgan fingerprint density at radius 3 is 1.58 bits per heavy atom. The Hall–Kier alpha value is 0.860. The Bertz CT molecular complexity index is 122. The predicted octanol–water partition coefficient (Wildman–Crippen LogP) is 3.05. The topological polar surface area (TPSA) is 0 Å². The van der Waals surface area contributed by atoms with Gasteiger partial charge in [-0.1, -0.05) is 0 Å². The monoisotopic (exact) mass is 210 g/mol. The van der Waals surface area contributed by atoms with Gasteiger partial charge in [0.25, 0.3) is 0 Å². The molecule has 2 heteroatoms. The van der Waals surface area contributed by atoms with Crippen molar-refractivity contribution >= 4 is 14.5 Å². The zero-order chi connectivity index (χ0) is 9.83. The molecular formula is C10H28P2. The summed E-state index contributed by atoms with van der Waals surface area (Å²) in [5.41, 5.74) is 0. The van der Waals surface area contributed by atoms with Gasteiger partial charge in [0.15, 0.2) is 0 Å². The third-order valence-electron chi connectivity index (χ3n) is 2.48. The Morgan fingerprint density at radius 2 is 1.25 bits per heavy atom. The van der Waals surface area contributed by atoms with Crippen LogP contribution in [0, 0.1) is 0 Å². The molecule has 0 bridgehead atoms. The van der Waals surface area contributed by atoms with Crippen LogP contribution in [0.5, 0.6) is 0 Å². The van der Waals surface area contributed by atoms with E-state index in [1.54, 1.807) is 12.3 Å². The van der Waals surface area contributed by atoms with Gasteiger partial charge in [0.05, 0.1) is 0 Å². The minimum atomic E-state index is -0.778. The van der Waals surface area contributed by atoms with Crippen molar-refractivity contribution in [3.63, 3.8) is 0 Å². The Morgan fingerprint density at radius 1 is 0.750 bits per heavy atom. The fraction of sp³-hybridized carbons (Fsp3) is 1.00. The molecule has 12 heavy (non-hydrogen) atoms. The van der Waals surface area contributed by atoms with Crippen molar-refractivity contribution in [1.29, 1.82) is 0 Å². The van der Waals surface area contributed by atoms with Gasteiger partial charge in [-0.2, -0.15) is 0 Å². The van der Waals surface area contributed by atoms with Crippen LogP contribution >= 0.6 is 14.5 Å². The van der Waals surface area contributed by atoms with Crippen molar-refractivity contribution in [3.05, 3.63) is 0 Å². The normalized spacial score (nSPS) is 16.2. The third-order valence-corrected chi connectivity index (χ3v) is 8.19. The molecule has 0 amide bonds. The fourth-order valence-electron chi connectivity index (χ4n) is 1.52. The maximum absolute atomic E-state index is 2.55. The summed E-state index contributed by atoms with van der Waals surface area (Å²) in [5.74, 6) is 0. The molecule has 0 nitrogen and oxygen atoms in total. The van der Waals surface area contributed by atoms with Gasteiger partial charge in [0, 0.05) is 0 Å². The summed E-state index contributed by atoms with van der Waals surface area (Å²) in [6, 6.07) is 0. The van der Waals surface area contributed by atoms with Crippen molar-refractivity contribution < 1.29 is 0 Å². The van der Waals surface area contributed by atoms with E-state index in [0.29, 0.717) is 0 Å². The molecule has 0 aromatic carbocycles. The first kappa shape index (κ1) is 12.9. The van der Waals surface area contributed by atoms with Crippen molar-refractivity contribution in [2.45, 2.75) is 13.3 Å². The number of hydrogen-bond acceptors (Lipinski definition) is 0. The molecule has 0 fully saturated rings. The van der Waals surface area contributed by atoms with Crippen LogP contribution in [0.4, 0.5) is 0 Å². The second-order valence-electron chi connectivity index (χ2n) is 5.97. The summed E-state index contributed by atoms with van der Waals surface area (Å²) in [4.78, 5) is 0. The minimum absolute atomic E-state index is 0.761. The van der Waals surface area contributed by atoms with Gasteiger partial charge in [-0.05, 0) is 0 Å². The van der Waals surface area contributed by atoms with Crippen LogP contribution in [0.25, 0.3) is 0 Å². The molecule has 0 heterocycles. The second-order valence-corrected chi connectivity index (χ2v) is 16.9. The van der Waals surface area contributed by atoms with Crippen molar-refractivity contribution in [2.24, 2.45) is 0 Å². The molecule has 0 aromatic heterocycles. The summed E-state index contributed by atoms with van der Waals surface area (Å²) in [6.45, 7) is 14.9. The molecule has 0 radical (unpaired) electrons. The molecule has 0 saturated heterocycles. The van der Waals surface area contributed by atoms with Gasteiger partial charge < -0.3 is 0 Å². The van der Waals surface area contributed by atoms with Crippen LogP contribution < -0.4 is 0 Å². The quantitative estimate of drug-likeness (QED) is 0.612. The van der Waals surface area contributed by atoms with Crippen LogP contribution in [-0.2, 0) is 0 Å². The maximum atomic E-state index is 2.55. The molecule has 0 rings (SSSR count). The Kier molecular flexibility index (Phi) is 5.27. The standard InChI is InChI=1S/C10H28P2/c1-7-8-12(5,6)10-9-11(2,3)4/h11-12H,7-10H2,1-6H3. The molecular weight excluding hydrogens is 182 g/mol. The molecule has 0 unspecified atom stereocenters. The Balaban J connectivity index is 3.75. The van der Waals surface area contributed by atoms with E-state index in [0.717, 1.165) is 0 Å². The van der Waals surface area contributed by atoms with Gasteiger partial charge in [-0.3, -0.25) is 0 Å². The first-order valence-corrected chi connectivity index (χ1v) is 12.4. The number of hydrogen-bond donors (Lipinski definition) is 0. The van der Waals surface area contributed by atoms with Gasteiger partial charge in [-0.15, -0.1) is 0 Å². The van der Waals surface area contributed by atoms with E-state index >= 15 is 0 Å². The summed E-state index contributed by atoms with van der Waals surface area (Å²) in [7, 11) is -1.54. The molecule has 0 N–H and O–H groups in total. The SMILES string of the molecule is CCC[PH](C)(C)CC[PH](C)(C)C. The summed E-state index contributed by atoms with van der Waals surface area (Å²) in [5, 5.41) is 0. The first-order valence-electron chi connectivity index (χ1n) is 5.27. The number of rotatable bonds is 5. The molecule has 0 atom stereocenters. The third kappa shape index (κ3) is 7.51. The zero-order valence-electron chi connectivity index (χ0n) is 9.83. The second kappa shape index (κ2) is 4.92. The molecule has 0 saturated carbocycles. The van der Waals surface area contributed by atoms with Gasteiger partial charge in [0.1, 0.15) is 0 Å². The van der Waals surface area contributed by atoms with Crippen LogP contribution in [0.2, 0.25) is 0 Å². The molecule has 0 aliphatic heterocycles. The van der Waals surface area contributed by atoms with E-state index in [1.165, 1.54) is 12.6 Å².